The van der Waals surface area contributed by atoms with E-state index in [1.165, 1.54) is 44.2 Å². The van der Waals surface area contributed by atoms with Crippen molar-refractivity contribution in [3.63, 3.8) is 0 Å². The summed E-state index contributed by atoms with van der Waals surface area (Å²) in [7, 11) is 1.74. The molecule has 5 nitrogen and oxygen atoms in total. The SMILES string of the molecule is COc1ccc2[nH]c3c(c2c1)CCNC31CCN(CCc2c[nH]c3ccc(C)cc23)C1. The van der Waals surface area contributed by atoms with Crippen molar-refractivity contribution in [2.75, 3.05) is 33.3 Å². The van der Waals surface area contributed by atoms with E-state index in [0.717, 1.165) is 51.2 Å². The van der Waals surface area contributed by atoms with Crippen LogP contribution in [0.15, 0.2) is 42.6 Å². The van der Waals surface area contributed by atoms with Gasteiger partial charge in [-0.1, -0.05) is 11.6 Å². The predicted octanol–water partition coefficient (Wildman–Crippen LogP) is 4.26. The third kappa shape index (κ3) is 3.07. The Hall–Kier alpha value is -2.76. The number of nitrogens with zero attached hydrogens (tertiary/aromatic N) is 1. The third-order valence-corrected chi connectivity index (χ3v) is 7.40. The molecule has 4 heterocycles. The van der Waals surface area contributed by atoms with Gasteiger partial charge in [0, 0.05) is 59.9 Å². The Morgan fingerprint density at radius 2 is 2.00 bits per heavy atom. The van der Waals surface area contributed by atoms with Crippen molar-refractivity contribution in [3.8, 4) is 5.75 Å². The lowest BCUT2D eigenvalue weighted by atomic mass is 9.86. The Labute approximate surface area is 182 Å². The van der Waals surface area contributed by atoms with E-state index in [1.54, 1.807) is 7.11 Å². The van der Waals surface area contributed by atoms with Gasteiger partial charge < -0.3 is 24.9 Å². The number of rotatable bonds is 4. The fourth-order valence-corrected chi connectivity index (χ4v) is 5.74. The minimum atomic E-state index is 0.0383. The summed E-state index contributed by atoms with van der Waals surface area (Å²) in [6.45, 7) is 6.49. The molecule has 2 aliphatic rings. The molecule has 0 bridgehead atoms. The molecular weight excluding hydrogens is 384 g/mol. The zero-order valence-corrected chi connectivity index (χ0v) is 18.3. The normalized spacial score (nSPS) is 21.4. The van der Waals surface area contributed by atoms with E-state index in [2.05, 4.69) is 63.6 Å². The highest BCUT2D eigenvalue weighted by molar-refractivity contribution is 5.87. The average molecular weight is 415 g/mol. The van der Waals surface area contributed by atoms with Crippen molar-refractivity contribution in [3.05, 3.63) is 65.0 Å². The fourth-order valence-electron chi connectivity index (χ4n) is 5.74. The van der Waals surface area contributed by atoms with E-state index in [0.29, 0.717) is 0 Å². The Kier molecular flexibility index (Phi) is 4.37. The van der Waals surface area contributed by atoms with Gasteiger partial charge in [-0.2, -0.15) is 0 Å². The molecule has 6 rings (SSSR count). The monoisotopic (exact) mass is 414 g/mol. The Balaban J connectivity index is 1.24. The van der Waals surface area contributed by atoms with Crippen LogP contribution in [0, 0.1) is 6.92 Å². The first-order chi connectivity index (χ1) is 15.1. The molecule has 1 saturated heterocycles. The number of benzene rings is 2. The van der Waals surface area contributed by atoms with Gasteiger partial charge >= 0.3 is 0 Å². The van der Waals surface area contributed by atoms with E-state index in [1.807, 2.05) is 6.07 Å². The number of fused-ring (bicyclic) bond motifs is 5. The molecule has 4 aromatic rings. The van der Waals surface area contributed by atoms with Crippen molar-refractivity contribution in [1.29, 1.82) is 0 Å². The van der Waals surface area contributed by atoms with Gasteiger partial charge in [-0.05, 0) is 67.6 Å². The number of hydrogen-bond acceptors (Lipinski definition) is 3. The number of ether oxygens (including phenoxy) is 1. The van der Waals surface area contributed by atoms with Crippen LogP contribution in [0.5, 0.6) is 5.75 Å². The molecule has 0 saturated carbocycles. The number of likely N-dealkylation sites (tertiary alicyclic amines) is 1. The summed E-state index contributed by atoms with van der Waals surface area (Å²) in [6, 6.07) is 13.1. The Morgan fingerprint density at radius 3 is 2.90 bits per heavy atom. The van der Waals surface area contributed by atoms with Crippen LogP contribution in [0.25, 0.3) is 21.8 Å². The number of aromatic nitrogens is 2. The second-order valence-electron chi connectivity index (χ2n) is 9.29. The molecule has 0 radical (unpaired) electrons. The fraction of sp³-hybridized carbons (Fsp3) is 0.385. The molecule has 1 unspecified atom stereocenters. The standard InChI is InChI=1S/C26H30N4O/c1-17-3-5-23-21(13-17)18(15-27-23)8-11-30-12-9-26(16-30)25-20(7-10-28-26)22-14-19(31-2)4-6-24(22)29-25/h3-6,13-15,27-29H,7-12,16H2,1-2H3. The molecule has 0 aliphatic carbocycles. The zero-order chi connectivity index (χ0) is 21.0. The highest BCUT2D eigenvalue weighted by Gasteiger charge is 2.43. The van der Waals surface area contributed by atoms with Crippen molar-refractivity contribution in [1.82, 2.24) is 20.2 Å². The first kappa shape index (κ1) is 19.0. The average Bonchev–Trinajstić information content (AvgIpc) is 3.48. The maximum Gasteiger partial charge on any atom is 0.119 e. The number of nitrogens with one attached hydrogen (secondary N) is 3. The summed E-state index contributed by atoms with van der Waals surface area (Å²) in [5, 5.41) is 6.58. The molecule has 2 aromatic carbocycles. The lowest BCUT2D eigenvalue weighted by molar-refractivity contribution is 0.273. The number of hydrogen-bond donors (Lipinski definition) is 3. The van der Waals surface area contributed by atoms with Crippen molar-refractivity contribution in [2.45, 2.75) is 31.7 Å². The molecule has 31 heavy (non-hydrogen) atoms. The van der Waals surface area contributed by atoms with Gasteiger partial charge in [0.25, 0.3) is 0 Å². The predicted molar refractivity (Wildman–Crippen MR) is 126 cm³/mol. The molecular formula is C26H30N4O. The number of aromatic amines is 2. The molecule has 2 aromatic heterocycles. The van der Waals surface area contributed by atoms with Gasteiger partial charge in [0.1, 0.15) is 5.75 Å². The lowest BCUT2D eigenvalue weighted by Gasteiger charge is -2.35. The molecule has 5 heteroatoms. The Morgan fingerprint density at radius 1 is 1.10 bits per heavy atom. The summed E-state index contributed by atoms with van der Waals surface area (Å²) in [5.41, 5.74) is 8.12. The molecule has 1 spiro atoms. The second kappa shape index (κ2) is 7.14. The number of aryl methyl sites for hydroxylation is 1. The molecule has 0 amide bonds. The van der Waals surface area contributed by atoms with E-state index in [-0.39, 0.29) is 5.54 Å². The largest absolute Gasteiger partial charge is 0.497 e. The van der Waals surface area contributed by atoms with Gasteiger partial charge in [-0.3, -0.25) is 0 Å². The minimum absolute atomic E-state index is 0.0383. The van der Waals surface area contributed by atoms with Crippen molar-refractivity contribution in [2.24, 2.45) is 0 Å². The van der Waals surface area contributed by atoms with Crippen LogP contribution in [-0.4, -0.2) is 48.2 Å². The third-order valence-electron chi connectivity index (χ3n) is 7.40. The summed E-state index contributed by atoms with van der Waals surface area (Å²) < 4.78 is 5.48. The first-order valence-electron chi connectivity index (χ1n) is 11.4. The van der Waals surface area contributed by atoms with Crippen LogP contribution in [0.3, 0.4) is 0 Å². The van der Waals surface area contributed by atoms with Gasteiger partial charge in [0.2, 0.25) is 0 Å². The summed E-state index contributed by atoms with van der Waals surface area (Å²) >= 11 is 0. The van der Waals surface area contributed by atoms with E-state index >= 15 is 0 Å². The van der Waals surface area contributed by atoms with Gasteiger partial charge in [0.05, 0.1) is 12.6 Å². The van der Waals surface area contributed by atoms with Crippen molar-refractivity contribution >= 4 is 21.8 Å². The highest BCUT2D eigenvalue weighted by atomic mass is 16.5. The van der Waals surface area contributed by atoms with E-state index < -0.39 is 0 Å². The zero-order valence-electron chi connectivity index (χ0n) is 18.3. The lowest BCUT2D eigenvalue weighted by Crippen LogP contribution is -2.49. The summed E-state index contributed by atoms with van der Waals surface area (Å²) in [4.78, 5) is 9.84. The summed E-state index contributed by atoms with van der Waals surface area (Å²) in [5.74, 6) is 0.934. The van der Waals surface area contributed by atoms with Crippen LogP contribution in [0.1, 0.15) is 28.8 Å². The molecule has 160 valence electrons. The van der Waals surface area contributed by atoms with Gasteiger partial charge in [-0.15, -0.1) is 0 Å². The smallest absolute Gasteiger partial charge is 0.119 e. The second-order valence-corrected chi connectivity index (χ2v) is 9.29. The van der Waals surface area contributed by atoms with Crippen LogP contribution < -0.4 is 10.1 Å². The molecule has 2 aliphatic heterocycles. The number of methoxy groups -OCH3 is 1. The minimum Gasteiger partial charge on any atom is -0.497 e. The first-order valence-corrected chi connectivity index (χ1v) is 11.4. The quantitative estimate of drug-likeness (QED) is 0.468. The van der Waals surface area contributed by atoms with E-state index in [9.17, 15) is 0 Å². The molecule has 1 atom stereocenters. The highest BCUT2D eigenvalue weighted by Crippen LogP contribution is 2.40. The number of H-pyrrole nitrogens is 2. The van der Waals surface area contributed by atoms with Crippen LogP contribution in [0.4, 0.5) is 0 Å². The van der Waals surface area contributed by atoms with Gasteiger partial charge in [0.15, 0.2) is 0 Å². The molecule has 3 N–H and O–H groups in total. The van der Waals surface area contributed by atoms with E-state index in [4.69, 9.17) is 4.74 Å². The van der Waals surface area contributed by atoms with Crippen molar-refractivity contribution < 1.29 is 4.74 Å². The molecule has 1 fully saturated rings. The van der Waals surface area contributed by atoms with Crippen LogP contribution in [0.2, 0.25) is 0 Å². The van der Waals surface area contributed by atoms with Gasteiger partial charge in [-0.25, -0.2) is 0 Å². The maximum atomic E-state index is 5.48. The Bertz CT molecular complexity index is 1270. The maximum absolute atomic E-state index is 5.48. The summed E-state index contributed by atoms with van der Waals surface area (Å²) in [6.07, 6.45) is 5.49. The topological polar surface area (TPSA) is 56.1 Å². The van der Waals surface area contributed by atoms with Crippen LogP contribution in [-0.2, 0) is 18.4 Å². The van der Waals surface area contributed by atoms with Crippen LogP contribution >= 0.6 is 0 Å².